The fourth-order valence-corrected chi connectivity index (χ4v) is 2.12. The van der Waals surface area contributed by atoms with Crippen LogP contribution >= 0.6 is 0 Å². The molecule has 0 unspecified atom stereocenters. The van der Waals surface area contributed by atoms with Crippen LogP contribution in [0.3, 0.4) is 0 Å². The van der Waals surface area contributed by atoms with Crippen molar-refractivity contribution in [3.05, 3.63) is 84.9 Å². The van der Waals surface area contributed by atoms with Gasteiger partial charge in [0.1, 0.15) is 0 Å². The maximum Gasteiger partial charge on any atom is 0.631 e. The van der Waals surface area contributed by atoms with Gasteiger partial charge in [-0.05, 0) is 22.3 Å². The molecule has 0 spiro atoms. The van der Waals surface area contributed by atoms with Gasteiger partial charge in [-0.1, -0.05) is 84.9 Å². The summed E-state index contributed by atoms with van der Waals surface area (Å²) >= 11 is 0. The molecule has 0 aliphatic carbocycles. The lowest BCUT2D eigenvalue weighted by Crippen LogP contribution is -2.07. The van der Waals surface area contributed by atoms with Crippen molar-refractivity contribution in [3.63, 3.8) is 0 Å². The Balaban J connectivity index is 0.000000396. The summed E-state index contributed by atoms with van der Waals surface area (Å²) in [4.78, 5) is 0. The fourth-order valence-electron chi connectivity index (χ4n) is 2.12. The van der Waals surface area contributed by atoms with E-state index in [4.69, 9.17) is 15.1 Å². The molecular formula is C18H17BO3. The molecule has 3 rings (SSSR count). The van der Waals surface area contributed by atoms with Gasteiger partial charge < -0.3 is 15.1 Å². The molecule has 3 N–H and O–H groups in total. The van der Waals surface area contributed by atoms with Crippen molar-refractivity contribution >= 4 is 7.32 Å². The van der Waals surface area contributed by atoms with Crippen LogP contribution in [0.4, 0.5) is 0 Å². The number of rotatable bonds is 2. The normalized spacial score (nSPS) is 9.59. The molecule has 0 fully saturated rings. The van der Waals surface area contributed by atoms with Crippen LogP contribution in [0.5, 0.6) is 0 Å². The molecule has 0 aliphatic rings. The highest BCUT2D eigenvalue weighted by Gasteiger charge is 1.98. The average molecular weight is 292 g/mol. The van der Waals surface area contributed by atoms with Crippen LogP contribution in [0.2, 0.25) is 0 Å². The van der Waals surface area contributed by atoms with Crippen molar-refractivity contribution in [2.24, 2.45) is 0 Å². The summed E-state index contributed by atoms with van der Waals surface area (Å²) < 4.78 is 0. The van der Waals surface area contributed by atoms with Crippen molar-refractivity contribution in [1.82, 2.24) is 0 Å². The molecule has 0 amide bonds. The Kier molecular flexibility index (Phi) is 5.92. The van der Waals surface area contributed by atoms with Crippen molar-refractivity contribution in [3.8, 4) is 22.3 Å². The second-order valence-corrected chi connectivity index (χ2v) is 4.66. The van der Waals surface area contributed by atoms with Gasteiger partial charge in [0, 0.05) is 0 Å². The molecule has 0 atom stereocenters. The van der Waals surface area contributed by atoms with E-state index in [0.29, 0.717) is 0 Å². The minimum Gasteiger partial charge on any atom is -0.402 e. The summed E-state index contributed by atoms with van der Waals surface area (Å²) in [5.41, 5.74) is 5.04. The molecule has 0 aliphatic heterocycles. The molecule has 0 heterocycles. The Morgan fingerprint density at radius 2 is 0.636 bits per heavy atom. The minimum absolute atomic E-state index is 1.26. The third-order valence-electron chi connectivity index (χ3n) is 3.10. The monoisotopic (exact) mass is 292 g/mol. The highest BCUT2D eigenvalue weighted by molar-refractivity contribution is 6.30. The van der Waals surface area contributed by atoms with E-state index in [1.165, 1.54) is 22.3 Å². The minimum atomic E-state index is -2.17. The van der Waals surface area contributed by atoms with Crippen LogP contribution in [-0.4, -0.2) is 22.4 Å². The Hall–Kier alpha value is -2.40. The van der Waals surface area contributed by atoms with E-state index in [1.54, 1.807) is 0 Å². The first-order chi connectivity index (χ1) is 10.7. The average Bonchev–Trinajstić information content (AvgIpc) is 2.56. The van der Waals surface area contributed by atoms with Crippen molar-refractivity contribution in [1.29, 1.82) is 0 Å². The van der Waals surface area contributed by atoms with Gasteiger partial charge in [-0.3, -0.25) is 0 Å². The molecule has 0 saturated heterocycles. The third kappa shape index (κ3) is 4.86. The van der Waals surface area contributed by atoms with Gasteiger partial charge in [0.2, 0.25) is 0 Å². The lowest BCUT2D eigenvalue weighted by atomic mass is 10.0. The quantitative estimate of drug-likeness (QED) is 0.636. The summed E-state index contributed by atoms with van der Waals surface area (Å²) in [6.07, 6.45) is 0. The van der Waals surface area contributed by atoms with Crippen LogP contribution < -0.4 is 0 Å². The highest BCUT2D eigenvalue weighted by atomic mass is 16.5. The Morgan fingerprint density at radius 3 is 0.909 bits per heavy atom. The largest absolute Gasteiger partial charge is 0.631 e. The van der Waals surface area contributed by atoms with E-state index >= 15 is 0 Å². The first-order valence-corrected chi connectivity index (χ1v) is 6.92. The molecule has 22 heavy (non-hydrogen) atoms. The second kappa shape index (κ2) is 8.15. The van der Waals surface area contributed by atoms with Gasteiger partial charge in [0.05, 0.1) is 0 Å². The Morgan fingerprint density at radius 1 is 0.409 bits per heavy atom. The molecule has 0 bridgehead atoms. The molecule has 0 saturated carbocycles. The maximum atomic E-state index is 7.17. The van der Waals surface area contributed by atoms with E-state index in [1.807, 2.05) is 12.1 Å². The summed E-state index contributed by atoms with van der Waals surface area (Å²) in [6, 6.07) is 29.6. The van der Waals surface area contributed by atoms with Gasteiger partial charge in [-0.25, -0.2) is 0 Å². The zero-order chi connectivity index (χ0) is 15.8. The van der Waals surface area contributed by atoms with Crippen LogP contribution in [0.25, 0.3) is 22.3 Å². The summed E-state index contributed by atoms with van der Waals surface area (Å²) in [7, 11) is -2.17. The van der Waals surface area contributed by atoms with Gasteiger partial charge in [0.15, 0.2) is 0 Å². The van der Waals surface area contributed by atoms with Crippen molar-refractivity contribution < 1.29 is 15.1 Å². The molecule has 4 heteroatoms. The van der Waals surface area contributed by atoms with Crippen LogP contribution in [0, 0.1) is 0 Å². The van der Waals surface area contributed by atoms with E-state index in [0.717, 1.165) is 0 Å². The van der Waals surface area contributed by atoms with Crippen molar-refractivity contribution in [2.45, 2.75) is 0 Å². The van der Waals surface area contributed by atoms with Gasteiger partial charge >= 0.3 is 7.32 Å². The molecular weight excluding hydrogens is 275 g/mol. The van der Waals surface area contributed by atoms with Gasteiger partial charge in [-0.2, -0.15) is 0 Å². The van der Waals surface area contributed by atoms with E-state index in [9.17, 15) is 0 Å². The Bertz CT molecular complexity index is 606. The third-order valence-corrected chi connectivity index (χ3v) is 3.10. The van der Waals surface area contributed by atoms with Crippen molar-refractivity contribution in [2.75, 3.05) is 0 Å². The molecule has 0 radical (unpaired) electrons. The topological polar surface area (TPSA) is 60.7 Å². The summed E-state index contributed by atoms with van der Waals surface area (Å²) in [6.45, 7) is 0. The molecule has 3 nitrogen and oxygen atoms in total. The first kappa shape index (κ1) is 16.0. The van der Waals surface area contributed by atoms with E-state index in [2.05, 4.69) is 72.8 Å². The smallest absolute Gasteiger partial charge is 0.402 e. The number of hydrogen-bond acceptors (Lipinski definition) is 3. The summed E-state index contributed by atoms with van der Waals surface area (Å²) in [5.74, 6) is 0. The van der Waals surface area contributed by atoms with Crippen LogP contribution in [0.1, 0.15) is 0 Å². The van der Waals surface area contributed by atoms with Crippen LogP contribution in [0.15, 0.2) is 84.9 Å². The lowest BCUT2D eigenvalue weighted by Gasteiger charge is -2.04. The molecule has 110 valence electrons. The standard InChI is InChI=1S/C18H14.BH3O3/c1-3-7-15(8-4-1)17-11-13-18(14-12-17)16-9-5-2-6-10-16;2-1(3)4/h1-14H;2-4H. The van der Waals surface area contributed by atoms with Crippen LogP contribution in [-0.2, 0) is 0 Å². The first-order valence-electron chi connectivity index (χ1n) is 6.92. The predicted octanol–water partition coefficient (Wildman–Crippen LogP) is 2.97. The molecule has 0 aromatic heterocycles. The summed E-state index contributed by atoms with van der Waals surface area (Å²) in [5, 5.41) is 21.5. The van der Waals surface area contributed by atoms with E-state index < -0.39 is 7.32 Å². The number of hydrogen-bond donors (Lipinski definition) is 3. The van der Waals surface area contributed by atoms with Gasteiger partial charge in [-0.15, -0.1) is 0 Å². The lowest BCUT2D eigenvalue weighted by molar-refractivity contribution is 0.278. The molecule has 3 aromatic carbocycles. The van der Waals surface area contributed by atoms with E-state index in [-0.39, 0.29) is 0 Å². The second-order valence-electron chi connectivity index (χ2n) is 4.66. The zero-order valence-electron chi connectivity index (χ0n) is 12.0. The van der Waals surface area contributed by atoms with Gasteiger partial charge in [0.25, 0.3) is 0 Å². The predicted molar refractivity (Wildman–Crippen MR) is 89.7 cm³/mol. The Labute approximate surface area is 130 Å². The SMILES string of the molecule is OB(O)O.c1ccc(-c2ccc(-c3ccccc3)cc2)cc1. The fraction of sp³-hybridized carbons (Fsp3) is 0. The zero-order valence-corrected chi connectivity index (χ0v) is 12.0. The highest BCUT2D eigenvalue weighted by Crippen LogP contribution is 2.24. The number of benzene rings is 3. The molecule has 3 aromatic rings. The maximum absolute atomic E-state index is 7.17.